The van der Waals surface area contributed by atoms with Crippen LogP contribution in [0.15, 0.2) is 47.7 Å². The average Bonchev–Trinajstić information content (AvgIpc) is 2.69. The third-order valence-electron chi connectivity index (χ3n) is 2.34. The van der Waals surface area contributed by atoms with Gasteiger partial charge in [0, 0.05) is 30.4 Å². The Labute approximate surface area is 100 Å². The summed E-state index contributed by atoms with van der Waals surface area (Å²) in [5, 5.41) is 0. The van der Waals surface area contributed by atoms with Gasteiger partial charge < -0.3 is 0 Å². The molecule has 0 radical (unpaired) electrons. The number of aromatic nitrogens is 4. The lowest BCUT2D eigenvalue weighted by Crippen LogP contribution is -1.89. The second-order valence-electron chi connectivity index (χ2n) is 3.29. The van der Waals surface area contributed by atoms with E-state index in [1.165, 1.54) is 0 Å². The highest BCUT2D eigenvalue weighted by Gasteiger charge is 2.09. The Morgan fingerprint density at radius 3 is 2.69 bits per heavy atom. The molecule has 0 spiro atoms. The first-order valence-corrected chi connectivity index (χ1v) is 5.53. The van der Waals surface area contributed by atoms with Gasteiger partial charge in [-0.1, -0.05) is 0 Å². The number of hydrogen-bond acceptors (Lipinski definition) is 3. The topological polar surface area (TPSA) is 43.1 Å². The molecule has 4 nitrogen and oxygen atoms in total. The van der Waals surface area contributed by atoms with Crippen LogP contribution in [-0.4, -0.2) is 19.4 Å². The maximum atomic E-state index is 4.47. The molecule has 0 atom stereocenters. The van der Waals surface area contributed by atoms with Gasteiger partial charge in [-0.25, -0.2) is 4.98 Å². The van der Waals surface area contributed by atoms with Crippen LogP contribution in [-0.2, 0) is 0 Å². The molecule has 3 aromatic rings. The number of pyridine rings is 1. The van der Waals surface area contributed by atoms with Gasteiger partial charge in [0.2, 0.25) is 0 Å². The van der Waals surface area contributed by atoms with Crippen molar-refractivity contribution in [3.05, 3.63) is 47.7 Å². The fraction of sp³-hybridized carbons (Fsp3) is 0. The van der Waals surface area contributed by atoms with Crippen LogP contribution in [0.1, 0.15) is 0 Å². The summed E-state index contributed by atoms with van der Waals surface area (Å²) in [6.07, 6.45) is 8.92. The highest BCUT2D eigenvalue weighted by atomic mass is 79.9. The van der Waals surface area contributed by atoms with E-state index in [2.05, 4.69) is 30.9 Å². The lowest BCUT2D eigenvalue weighted by molar-refractivity contribution is 1.12. The molecule has 0 aliphatic rings. The van der Waals surface area contributed by atoms with Crippen LogP contribution in [0.5, 0.6) is 0 Å². The Balaban J connectivity index is 2.33. The molecule has 0 amide bonds. The summed E-state index contributed by atoms with van der Waals surface area (Å²) < 4.78 is 2.79. The van der Waals surface area contributed by atoms with Gasteiger partial charge in [0.25, 0.3) is 0 Å². The van der Waals surface area contributed by atoms with E-state index in [0.717, 1.165) is 21.5 Å². The lowest BCUT2D eigenvalue weighted by Gasteiger charge is -1.99. The molecule has 3 heterocycles. The Bertz CT molecular complexity index is 633. The molecule has 0 bridgehead atoms. The normalized spacial score (nSPS) is 10.8. The van der Waals surface area contributed by atoms with E-state index < -0.39 is 0 Å². The fourth-order valence-electron chi connectivity index (χ4n) is 1.61. The molecular formula is C11H7BrN4. The smallest absolute Gasteiger partial charge is 0.146 e. The number of hydrogen-bond donors (Lipinski definition) is 0. The molecule has 16 heavy (non-hydrogen) atoms. The quantitative estimate of drug-likeness (QED) is 0.685. The number of nitrogens with zero attached hydrogens (tertiary/aromatic N) is 4. The second kappa shape index (κ2) is 3.68. The van der Waals surface area contributed by atoms with Crippen LogP contribution in [0, 0.1) is 0 Å². The fourth-order valence-corrected chi connectivity index (χ4v) is 2.07. The van der Waals surface area contributed by atoms with Gasteiger partial charge in [-0.3, -0.25) is 14.4 Å². The largest absolute Gasteiger partial charge is 0.296 e. The zero-order valence-electron chi connectivity index (χ0n) is 8.21. The number of fused-ring (bicyclic) bond motifs is 1. The Hall–Kier alpha value is -1.75. The van der Waals surface area contributed by atoms with Crippen LogP contribution < -0.4 is 0 Å². The van der Waals surface area contributed by atoms with Crippen molar-refractivity contribution in [3.63, 3.8) is 0 Å². The molecule has 0 unspecified atom stereocenters. The average molecular weight is 275 g/mol. The molecule has 0 aliphatic carbocycles. The number of rotatable bonds is 1. The van der Waals surface area contributed by atoms with Crippen LogP contribution in [0.4, 0.5) is 0 Å². The molecule has 0 saturated carbocycles. The Morgan fingerprint density at radius 1 is 1.06 bits per heavy atom. The summed E-state index contributed by atoms with van der Waals surface area (Å²) in [6, 6.07) is 3.86. The maximum Gasteiger partial charge on any atom is 0.146 e. The molecular weight excluding hydrogens is 268 g/mol. The first kappa shape index (κ1) is 9.47. The van der Waals surface area contributed by atoms with Crippen molar-refractivity contribution >= 4 is 21.4 Å². The van der Waals surface area contributed by atoms with Crippen molar-refractivity contribution in [1.29, 1.82) is 0 Å². The Morgan fingerprint density at radius 2 is 1.88 bits per heavy atom. The zero-order chi connectivity index (χ0) is 11.0. The minimum Gasteiger partial charge on any atom is -0.296 e. The molecule has 3 rings (SSSR count). The van der Waals surface area contributed by atoms with E-state index in [-0.39, 0.29) is 0 Å². The molecule has 0 fully saturated rings. The van der Waals surface area contributed by atoms with Crippen LogP contribution in [0.3, 0.4) is 0 Å². The van der Waals surface area contributed by atoms with Gasteiger partial charge in [-0.15, -0.1) is 0 Å². The van der Waals surface area contributed by atoms with Gasteiger partial charge >= 0.3 is 0 Å². The van der Waals surface area contributed by atoms with Crippen molar-refractivity contribution in [3.8, 4) is 11.4 Å². The van der Waals surface area contributed by atoms with Gasteiger partial charge in [0.15, 0.2) is 0 Å². The van der Waals surface area contributed by atoms with E-state index in [4.69, 9.17) is 0 Å². The second-order valence-corrected chi connectivity index (χ2v) is 4.04. The highest BCUT2D eigenvalue weighted by molar-refractivity contribution is 9.10. The van der Waals surface area contributed by atoms with Crippen LogP contribution in [0.2, 0.25) is 0 Å². The van der Waals surface area contributed by atoms with Crippen LogP contribution >= 0.6 is 15.9 Å². The highest BCUT2D eigenvalue weighted by Crippen LogP contribution is 2.24. The Kier molecular flexibility index (Phi) is 2.18. The van der Waals surface area contributed by atoms with Gasteiger partial charge in [0.1, 0.15) is 10.4 Å². The van der Waals surface area contributed by atoms with E-state index in [1.807, 2.05) is 22.7 Å². The monoisotopic (exact) mass is 274 g/mol. The number of halogens is 1. The van der Waals surface area contributed by atoms with Gasteiger partial charge in [0.05, 0.1) is 11.7 Å². The molecule has 78 valence electrons. The van der Waals surface area contributed by atoms with Gasteiger partial charge in [-0.05, 0) is 28.1 Å². The molecule has 0 saturated heterocycles. The maximum absolute atomic E-state index is 4.47. The zero-order valence-corrected chi connectivity index (χ0v) is 9.79. The summed E-state index contributed by atoms with van der Waals surface area (Å²) >= 11 is 3.43. The summed E-state index contributed by atoms with van der Waals surface area (Å²) in [5.41, 5.74) is 1.98. The third-order valence-corrected chi connectivity index (χ3v) is 2.92. The summed E-state index contributed by atoms with van der Waals surface area (Å²) in [4.78, 5) is 12.5. The van der Waals surface area contributed by atoms with E-state index >= 15 is 0 Å². The van der Waals surface area contributed by atoms with Crippen molar-refractivity contribution in [2.75, 3.05) is 0 Å². The van der Waals surface area contributed by atoms with Crippen molar-refractivity contribution in [1.82, 2.24) is 19.4 Å². The SMILES string of the molecule is Brc1nc(-c2ccncc2)n2ccncc12. The molecule has 3 aromatic heterocycles. The number of imidazole rings is 1. The standard InChI is InChI=1S/C11H7BrN4/c12-10-9-7-14-5-6-16(9)11(15-10)8-1-3-13-4-2-8/h1-7H. The van der Waals surface area contributed by atoms with Crippen molar-refractivity contribution in [2.24, 2.45) is 0 Å². The van der Waals surface area contributed by atoms with Crippen molar-refractivity contribution < 1.29 is 0 Å². The predicted molar refractivity (Wildman–Crippen MR) is 63.9 cm³/mol. The van der Waals surface area contributed by atoms with Crippen molar-refractivity contribution in [2.45, 2.75) is 0 Å². The summed E-state index contributed by atoms with van der Waals surface area (Å²) in [5.74, 6) is 0.881. The first-order valence-electron chi connectivity index (χ1n) is 4.74. The van der Waals surface area contributed by atoms with Crippen LogP contribution in [0.25, 0.3) is 16.9 Å². The molecule has 5 heteroatoms. The first-order chi connectivity index (χ1) is 7.86. The minimum atomic E-state index is 0.799. The van der Waals surface area contributed by atoms with Gasteiger partial charge in [-0.2, -0.15) is 0 Å². The molecule has 0 N–H and O–H groups in total. The minimum absolute atomic E-state index is 0.799. The predicted octanol–water partition coefficient (Wildman–Crippen LogP) is 2.55. The van der Waals surface area contributed by atoms with E-state index in [0.29, 0.717) is 0 Å². The third kappa shape index (κ3) is 1.40. The lowest BCUT2D eigenvalue weighted by atomic mass is 10.2. The molecule has 0 aliphatic heterocycles. The molecule has 0 aromatic carbocycles. The van der Waals surface area contributed by atoms with E-state index in [9.17, 15) is 0 Å². The summed E-state index contributed by atoms with van der Waals surface area (Å²) in [7, 11) is 0. The summed E-state index contributed by atoms with van der Waals surface area (Å²) in [6.45, 7) is 0. The van der Waals surface area contributed by atoms with E-state index in [1.54, 1.807) is 24.8 Å².